The predicted molar refractivity (Wildman–Crippen MR) is 145 cm³/mol. The summed E-state index contributed by atoms with van der Waals surface area (Å²) in [5.41, 5.74) is 6.44. The minimum absolute atomic E-state index is 0.00743. The van der Waals surface area contributed by atoms with Crippen LogP contribution in [-0.2, 0) is 6.42 Å². The quantitative estimate of drug-likeness (QED) is 0.363. The smallest absolute Gasteiger partial charge is 0.256 e. The highest BCUT2D eigenvalue weighted by atomic mass is 16.5. The zero-order chi connectivity index (χ0) is 25.2. The molecular formula is C31H30N2O4. The van der Waals surface area contributed by atoms with Gasteiger partial charge in [-0.2, -0.15) is 0 Å². The number of fused-ring (bicyclic) bond motifs is 3. The third-order valence-corrected chi connectivity index (χ3v) is 7.26. The molecule has 0 bridgehead atoms. The average molecular weight is 495 g/mol. The van der Waals surface area contributed by atoms with Crippen LogP contribution in [0.4, 0.5) is 5.69 Å². The summed E-state index contributed by atoms with van der Waals surface area (Å²) in [5.74, 6) is 1.98. The van der Waals surface area contributed by atoms with Crippen LogP contribution >= 0.6 is 0 Å². The fourth-order valence-corrected chi connectivity index (χ4v) is 5.28. The summed E-state index contributed by atoms with van der Waals surface area (Å²) in [6.45, 7) is 1.77. The van der Waals surface area contributed by atoms with Gasteiger partial charge in [0.2, 0.25) is 0 Å². The molecule has 0 N–H and O–H groups in total. The van der Waals surface area contributed by atoms with Gasteiger partial charge in [-0.05, 0) is 59.7 Å². The maximum absolute atomic E-state index is 13.0. The van der Waals surface area contributed by atoms with E-state index in [4.69, 9.17) is 14.2 Å². The standard InChI is InChI=1S/C31H30N2O4/c1-35-29-18-27-28(32-20-25-8-4-13-33(25)31(27)34)19-30(29)37-15-5-14-36-26-11-9-21(10-12-26)24-16-22-6-2-3-7-23(22)17-24/h2-3,6-7,9-12,16,18-20,25H,4-5,8,13-15,17H2,1H3/t25-/m0/s1. The van der Waals surface area contributed by atoms with Gasteiger partial charge < -0.3 is 19.1 Å². The number of ether oxygens (including phenoxy) is 3. The SMILES string of the molecule is COc1cc2c(cc1OCCCOc1ccc(C3=Cc4ccccc4C3)cc1)N=C[C@@H]1CCCN1C2=O. The van der Waals surface area contributed by atoms with Crippen LogP contribution in [0.25, 0.3) is 11.6 Å². The van der Waals surface area contributed by atoms with Gasteiger partial charge in [-0.15, -0.1) is 0 Å². The van der Waals surface area contributed by atoms with Gasteiger partial charge in [0.25, 0.3) is 5.91 Å². The van der Waals surface area contributed by atoms with Crippen molar-refractivity contribution in [3.05, 3.63) is 82.9 Å². The minimum atomic E-state index is 0.00743. The summed E-state index contributed by atoms with van der Waals surface area (Å²) in [4.78, 5) is 19.5. The Balaban J connectivity index is 1.03. The molecule has 0 unspecified atom stereocenters. The van der Waals surface area contributed by atoms with Crippen LogP contribution in [0.5, 0.6) is 17.2 Å². The van der Waals surface area contributed by atoms with E-state index in [-0.39, 0.29) is 11.9 Å². The van der Waals surface area contributed by atoms with E-state index in [1.54, 1.807) is 19.2 Å². The molecule has 0 spiro atoms. The van der Waals surface area contributed by atoms with Crippen LogP contribution in [0.15, 0.2) is 65.7 Å². The molecule has 6 nitrogen and oxygen atoms in total. The summed E-state index contributed by atoms with van der Waals surface area (Å²) in [6.07, 6.45) is 7.80. The summed E-state index contributed by atoms with van der Waals surface area (Å²) in [7, 11) is 1.59. The number of hydrogen-bond donors (Lipinski definition) is 0. The number of nitrogens with zero attached hydrogens (tertiary/aromatic N) is 2. The molecule has 2 aliphatic heterocycles. The van der Waals surface area contributed by atoms with Crippen molar-refractivity contribution < 1.29 is 19.0 Å². The van der Waals surface area contributed by atoms with Crippen LogP contribution in [0.2, 0.25) is 0 Å². The number of aliphatic imine (C=N–C) groups is 1. The van der Waals surface area contributed by atoms with Crippen molar-refractivity contribution in [3.8, 4) is 17.2 Å². The molecule has 3 aromatic rings. The maximum atomic E-state index is 13.0. The van der Waals surface area contributed by atoms with Crippen LogP contribution in [0.1, 0.15) is 46.3 Å². The largest absolute Gasteiger partial charge is 0.493 e. The molecule has 37 heavy (non-hydrogen) atoms. The fourth-order valence-electron chi connectivity index (χ4n) is 5.28. The molecule has 0 radical (unpaired) electrons. The Morgan fingerprint density at radius 2 is 1.84 bits per heavy atom. The fraction of sp³-hybridized carbons (Fsp3) is 0.290. The van der Waals surface area contributed by atoms with Gasteiger partial charge in [0, 0.05) is 25.2 Å². The first-order valence-electron chi connectivity index (χ1n) is 12.9. The number of benzene rings is 3. The van der Waals surface area contributed by atoms with E-state index in [0.29, 0.717) is 42.4 Å². The Hall–Kier alpha value is -4.06. The molecule has 0 aromatic heterocycles. The summed E-state index contributed by atoms with van der Waals surface area (Å²) in [5, 5.41) is 0. The van der Waals surface area contributed by atoms with E-state index < -0.39 is 0 Å². The molecular weight excluding hydrogens is 464 g/mol. The average Bonchev–Trinajstić information content (AvgIpc) is 3.56. The second-order valence-corrected chi connectivity index (χ2v) is 9.63. The van der Waals surface area contributed by atoms with Gasteiger partial charge in [0.15, 0.2) is 11.5 Å². The van der Waals surface area contributed by atoms with Crippen molar-refractivity contribution in [1.82, 2.24) is 4.90 Å². The maximum Gasteiger partial charge on any atom is 0.256 e. The van der Waals surface area contributed by atoms with Crippen LogP contribution in [-0.4, -0.2) is 49.9 Å². The van der Waals surface area contributed by atoms with Gasteiger partial charge in [-0.25, -0.2) is 0 Å². The molecule has 1 aliphatic carbocycles. The Morgan fingerprint density at radius 3 is 2.68 bits per heavy atom. The van der Waals surface area contributed by atoms with Gasteiger partial charge in [0.1, 0.15) is 5.75 Å². The second-order valence-electron chi connectivity index (χ2n) is 9.63. The summed E-state index contributed by atoms with van der Waals surface area (Å²) < 4.78 is 17.5. The van der Waals surface area contributed by atoms with Crippen molar-refractivity contribution in [2.45, 2.75) is 31.7 Å². The van der Waals surface area contributed by atoms with E-state index in [1.165, 1.54) is 22.3 Å². The van der Waals surface area contributed by atoms with Gasteiger partial charge in [-0.3, -0.25) is 9.79 Å². The first kappa shape index (κ1) is 23.3. The van der Waals surface area contributed by atoms with E-state index in [1.807, 2.05) is 23.2 Å². The molecule has 188 valence electrons. The van der Waals surface area contributed by atoms with Crippen LogP contribution < -0.4 is 14.2 Å². The number of allylic oxidation sites excluding steroid dienone is 1. The third-order valence-electron chi connectivity index (χ3n) is 7.26. The van der Waals surface area contributed by atoms with Crippen molar-refractivity contribution in [1.29, 1.82) is 0 Å². The first-order valence-corrected chi connectivity index (χ1v) is 12.9. The molecule has 6 heteroatoms. The third kappa shape index (κ3) is 4.71. The van der Waals surface area contributed by atoms with E-state index in [0.717, 1.165) is 31.6 Å². The number of carbonyl (C=O) groups is 1. The van der Waals surface area contributed by atoms with Crippen molar-refractivity contribution in [2.75, 3.05) is 26.9 Å². The lowest BCUT2D eigenvalue weighted by Crippen LogP contribution is -2.35. The molecule has 3 aliphatic rings. The lowest BCUT2D eigenvalue weighted by atomic mass is 10.0. The molecule has 3 aromatic carbocycles. The Kier molecular flexibility index (Phi) is 6.39. The molecule has 1 amide bonds. The van der Waals surface area contributed by atoms with Crippen LogP contribution in [0, 0.1) is 0 Å². The monoisotopic (exact) mass is 494 g/mol. The predicted octanol–water partition coefficient (Wildman–Crippen LogP) is 5.96. The zero-order valence-corrected chi connectivity index (χ0v) is 21.0. The molecule has 2 heterocycles. The molecule has 1 saturated heterocycles. The van der Waals surface area contributed by atoms with E-state index in [9.17, 15) is 4.79 Å². The normalized spacial score (nSPS) is 17.5. The number of rotatable bonds is 8. The van der Waals surface area contributed by atoms with E-state index >= 15 is 0 Å². The van der Waals surface area contributed by atoms with Crippen LogP contribution in [0.3, 0.4) is 0 Å². The van der Waals surface area contributed by atoms with Crippen molar-refractivity contribution in [3.63, 3.8) is 0 Å². The number of carbonyl (C=O) groups excluding carboxylic acids is 1. The Morgan fingerprint density at radius 1 is 1.00 bits per heavy atom. The van der Waals surface area contributed by atoms with E-state index in [2.05, 4.69) is 47.5 Å². The highest BCUT2D eigenvalue weighted by molar-refractivity contribution is 6.03. The van der Waals surface area contributed by atoms with Gasteiger partial charge >= 0.3 is 0 Å². The molecule has 1 fully saturated rings. The van der Waals surface area contributed by atoms with Crippen molar-refractivity contribution >= 4 is 29.5 Å². The number of methoxy groups -OCH3 is 1. The lowest BCUT2D eigenvalue weighted by molar-refractivity contribution is 0.0774. The number of hydrogen-bond acceptors (Lipinski definition) is 5. The minimum Gasteiger partial charge on any atom is -0.493 e. The lowest BCUT2D eigenvalue weighted by Gasteiger charge is -2.20. The number of amides is 1. The highest BCUT2D eigenvalue weighted by Gasteiger charge is 2.32. The van der Waals surface area contributed by atoms with Crippen molar-refractivity contribution in [2.24, 2.45) is 4.99 Å². The molecule has 6 rings (SSSR count). The Labute approximate surface area is 217 Å². The first-order chi connectivity index (χ1) is 18.2. The summed E-state index contributed by atoms with van der Waals surface area (Å²) >= 11 is 0. The zero-order valence-electron chi connectivity index (χ0n) is 21.0. The molecule has 1 atom stereocenters. The Bertz CT molecular complexity index is 1380. The summed E-state index contributed by atoms with van der Waals surface area (Å²) in [6, 6.07) is 20.5. The second kappa shape index (κ2) is 10.1. The van der Waals surface area contributed by atoms with Gasteiger partial charge in [0.05, 0.1) is 37.6 Å². The topological polar surface area (TPSA) is 60.4 Å². The highest BCUT2D eigenvalue weighted by Crippen LogP contribution is 2.38. The van der Waals surface area contributed by atoms with Gasteiger partial charge in [-0.1, -0.05) is 42.5 Å². The molecule has 0 saturated carbocycles.